The van der Waals surface area contributed by atoms with Gasteiger partial charge in [-0.2, -0.15) is 11.8 Å². The quantitative estimate of drug-likeness (QED) is 0.920. The SMILES string of the molecule is CNc1cc(N2CC(C)SC(C)C2)nc(C2CC2)n1. The normalized spacial score (nSPS) is 27.4. The first-order chi connectivity index (χ1) is 9.15. The van der Waals surface area contributed by atoms with E-state index in [1.54, 1.807) is 0 Å². The Hall–Kier alpha value is -0.970. The minimum atomic E-state index is 0.598. The van der Waals surface area contributed by atoms with Gasteiger partial charge >= 0.3 is 0 Å². The molecule has 2 unspecified atom stereocenters. The molecule has 2 fully saturated rings. The van der Waals surface area contributed by atoms with Gasteiger partial charge in [-0.15, -0.1) is 0 Å². The lowest BCUT2D eigenvalue weighted by Gasteiger charge is -2.35. The van der Waals surface area contributed by atoms with Gasteiger partial charge in [0, 0.05) is 42.6 Å². The van der Waals surface area contributed by atoms with E-state index in [0.29, 0.717) is 16.4 Å². The summed E-state index contributed by atoms with van der Waals surface area (Å²) in [6.45, 7) is 6.77. The molecule has 1 N–H and O–H groups in total. The molecule has 1 aromatic rings. The summed E-state index contributed by atoms with van der Waals surface area (Å²) in [4.78, 5) is 11.8. The van der Waals surface area contributed by atoms with Crippen molar-refractivity contribution in [1.82, 2.24) is 9.97 Å². The molecule has 3 rings (SSSR count). The first-order valence-corrected chi connectivity index (χ1v) is 8.07. The van der Waals surface area contributed by atoms with Crippen molar-refractivity contribution in [2.75, 3.05) is 30.4 Å². The smallest absolute Gasteiger partial charge is 0.136 e. The van der Waals surface area contributed by atoms with Crippen LogP contribution in [0, 0.1) is 0 Å². The van der Waals surface area contributed by atoms with Gasteiger partial charge in [-0.05, 0) is 12.8 Å². The highest BCUT2D eigenvalue weighted by atomic mass is 32.2. The third-order valence-corrected chi connectivity index (χ3v) is 4.90. The summed E-state index contributed by atoms with van der Waals surface area (Å²) in [5, 5.41) is 4.50. The van der Waals surface area contributed by atoms with Gasteiger partial charge in [0.05, 0.1) is 0 Å². The second kappa shape index (κ2) is 5.19. The molecule has 2 aliphatic rings. The molecule has 0 spiro atoms. The Morgan fingerprint density at radius 1 is 1.21 bits per heavy atom. The van der Waals surface area contributed by atoms with Crippen LogP contribution in [0.15, 0.2) is 6.07 Å². The Kier molecular flexibility index (Phi) is 3.56. The average molecular weight is 278 g/mol. The molecule has 0 aromatic carbocycles. The number of rotatable bonds is 3. The van der Waals surface area contributed by atoms with Crippen molar-refractivity contribution in [3.05, 3.63) is 11.9 Å². The molecule has 1 aromatic heterocycles. The lowest BCUT2D eigenvalue weighted by molar-refractivity contribution is 0.712. The van der Waals surface area contributed by atoms with Crippen LogP contribution in [-0.2, 0) is 0 Å². The van der Waals surface area contributed by atoms with Crippen molar-refractivity contribution in [2.45, 2.75) is 43.1 Å². The Labute approximate surface area is 119 Å². The average Bonchev–Trinajstić information content (AvgIpc) is 3.21. The van der Waals surface area contributed by atoms with E-state index in [2.05, 4.69) is 46.9 Å². The summed E-state index contributed by atoms with van der Waals surface area (Å²) < 4.78 is 0. The standard InChI is InChI=1S/C14H22N4S/c1-9-7-18(8-10(2)19-9)13-6-12(15-3)16-14(17-13)11-4-5-11/h6,9-11H,4-5,7-8H2,1-3H3,(H,15,16,17). The third-order valence-electron chi connectivity index (χ3n) is 3.67. The molecule has 0 bridgehead atoms. The molecule has 0 radical (unpaired) electrons. The van der Waals surface area contributed by atoms with E-state index < -0.39 is 0 Å². The monoisotopic (exact) mass is 278 g/mol. The Morgan fingerprint density at radius 3 is 2.47 bits per heavy atom. The molecule has 4 nitrogen and oxygen atoms in total. The minimum absolute atomic E-state index is 0.598. The van der Waals surface area contributed by atoms with Crippen molar-refractivity contribution in [2.24, 2.45) is 0 Å². The van der Waals surface area contributed by atoms with Crippen LogP contribution in [-0.4, -0.2) is 40.6 Å². The van der Waals surface area contributed by atoms with Gasteiger partial charge < -0.3 is 10.2 Å². The second-order valence-corrected chi connectivity index (χ2v) is 7.54. The largest absolute Gasteiger partial charge is 0.373 e. The first kappa shape index (κ1) is 13.0. The van der Waals surface area contributed by atoms with E-state index in [0.717, 1.165) is 30.5 Å². The van der Waals surface area contributed by atoms with Crippen LogP contribution >= 0.6 is 11.8 Å². The Balaban J connectivity index is 1.87. The highest BCUT2D eigenvalue weighted by molar-refractivity contribution is 8.00. The lowest BCUT2D eigenvalue weighted by Crippen LogP contribution is -2.41. The number of hydrogen-bond donors (Lipinski definition) is 1. The van der Waals surface area contributed by atoms with Crippen LogP contribution in [0.1, 0.15) is 38.4 Å². The highest BCUT2D eigenvalue weighted by Gasteiger charge is 2.29. The van der Waals surface area contributed by atoms with E-state index in [1.165, 1.54) is 12.8 Å². The van der Waals surface area contributed by atoms with Gasteiger partial charge in [0.25, 0.3) is 0 Å². The van der Waals surface area contributed by atoms with E-state index in [-0.39, 0.29) is 0 Å². The Bertz CT molecular complexity index is 451. The second-order valence-electron chi connectivity index (χ2n) is 5.66. The van der Waals surface area contributed by atoms with E-state index in [1.807, 2.05) is 7.05 Å². The maximum absolute atomic E-state index is 4.80. The fourth-order valence-corrected chi connectivity index (χ4v) is 3.96. The topological polar surface area (TPSA) is 41.0 Å². The van der Waals surface area contributed by atoms with Crippen molar-refractivity contribution in [1.29, 1.82) is 0 Å². The summed E-state index contributed by atoms with van der Waals surface area (Å²) in [6.07, 6.45) is 2.49. The van der Waals surface area contributed by atoms with Gasteiger partial charge in [0.15, 0.2) is 0 Å². The molecule has 1 saturated heterocycles. The molecule has 1 saturated carbocycles. The highest BCUT2D eigenvalue weighted by Crippen LogP contribution is 2.39. The van der Waals surface area contributed by atoms with Crippen LogP contribution in [0.4, 0.5) is 11.6 Å². The Morgan fingerprint density at radius 2 is 1.89 bits per heavy atom. The zero-order valence-corrected chi connectivity index (χ0v) is 12.7. The zero-order valence-electron chi connectivity index (χ0n) is 11.9. The lowest BCUT2D eigenvalue weighted by atomic mass is 10.3. The fraction of sp³-hybridized carbons (Fsp3) is 0.714. The fourth-order valence-electron chi connectivity index (χ4n) is 2.63. The molecule has 1 aliphatic carbocycles. The van der Waals surface area contributed by atoms with Crippen molar-refractivity contribution >= 4 is 23.4 Å². The maximum atomic E-state index is 4.80. The van der Waals surface area contributed by atoms with Crippen LogP contribution in [0.25, 0.3) is 0 Å². The summed E-state index contributed by atoms with van der Waals surface area (Å²) in [5.74, 6) is 3.67. The van der Waals surface area contributed by atoms with Crippen LogP contribution < -0.4 is 10.2 Å². The minimum Gasteiger partial charge on any atom is -0.373 e. The molecule has 2 heterocycles. The van der Waals surface area contributed by atoms with E-state index in [9.17, 15) is 0 Å². The zero-order chi connectivity index (χ0) is 13.4. The summed E-state index contributed by atoms with van der Waals surface area (Å²) in [6, 6.07) is 2.08. The molecule has 19 heavy (non-hydrogen) atoms. The first-order valence-electron chi connectivity index (χ1n) is 7.13. The van der Waals surface area contributed by atoms with Gasteiger partial charge in [-0.3, -0.25) is 0 Å². The number of nitrogens with one attached hydrogen (secondary N) is 1. The number of nitrogens with zero attached hydrogens (tertiary/aromatic N) is 3. The summed E-state index contributed by atoms with van der Waals surface area (Å²) in [7, 11) is 1.93. The van der Waals surface area contributed by atoms with E-state index >= 15 is 0 Å². The number of hydrogen-bond acceptors (Lipinski definition) is 5. The van der Waals surface area contributed by atoms with Crippen LogP contribution in [0.2, 0.25) is 0 Å². The number of anilines is 2. The molecule has 104 valence electrons. The molecule has 1 aliphatic heterocycles. The number of aromatic nitrogens is 2. The molecule has 0 amide bonds. The molecular formula is C14H22N4S. The number of thioether (sulfide) groups is 1. The van der Waals surface area contributed by atoms with Gasteiger partial charge in [0.1, 0.15) is 17.5 Å². The van der Waals surface area contributed by atoms with Gasteiger partial charge in [-0.1, -0.05) is 13.8 Å². The molecular weight excluding hydrogens is 256 g/mol. The predicted octanol–water partition coefficient (Wildman–Crippen LogP) is 2.73. The van der Waals surface area contributed by atoms with Crippen molar-refractivity contribution in [3.8, 4) is 0 Å². The molecule has 5 heteroatoms. The molecule has 2 atom stereocenters. The van der Waals surface area contributed by atoms with Crippen molar-refractivity contribution < 1.29 is 0 Å². The van der Waals surface area contributed by atoms with Gasteiger partial charge in [-0.25, -0.2) is 9.97 Å². The van der Waals surface area contributed by atoms with Gasteiger partial charge in [0.2, 0.25) is 0 Å². The van der Waals surface area contributed by atoms with E-state index in [4.69, 9.17) is 4.98 Å². The third kappa shape index (κ3) is 2.96. The van der Waals surface area contributed by atoms with Crippen molar-refractivity contribution in [3.63, 3.8) is 0 Å². The van der Waals surface area contributed by atoms with Crippen LogP contribution in [0.5, 0.6) is 0 Å². The summed E-state index contributed by atoms with van der Waals surface area (Å²) in [5.41, 5.74) is 0. The maximum Gasteiger partial charge on any atom is 0.136 e. The van der Waals surface area contributed by atoms with Crippen LogP contribution in [0.3, 0.4) is 0 Å². The predicted molar refractivity (Wildman–Crippen MR) is 82.3 cm³/mol. The summed E-state index contributed by atoms with van der Waals surface area (Å²) >= 11 is 2.07.